The number of nitrogens with one attached hydrogen (secondary N) is 2. The number of hydrogen-bond donors (Lipinski definition) is 3. The zero-order valence-electron chi connectivity index (χ0n) is 11.7. The van der Waals surface area contributed by atoms with Gasteiger partial charge in [0, 0.05) is 6.42 Å². The minimum Gasteiger partial charge on any atom is -0.478 e. The summed E-state index contributed by atoms with van der Waals surface area (Å²) in [6.45, 7) is 1.96. The highest BCUT2D eigenvalue weighted by Gasteiger charge is 2.15. The van der Waals surface area contributed by atoms with E-state index < -0.39 is 11.8 Å². The van der Waals surface area contributed by atoms with Crippen LogP contribution in [0.1, 0.15) is 36.0 Å². The van der Waals surface area contributed by atoms with Crippen molar-refractivity contribution in [1.82, 2.24) is 5.32 Å². The van der Waals surface area contributed by atoms with E-state index in [2.05, 4.69) is 10.6 Å². The number of amides is 1. The molecule has 0 aliphatic carbocycles. The standard InChI is InChI=1S/C15H19FN2O3/c16-12-8-11(15(20)21)4-5-13(12)18-14(19)6-3-10-2-1-7-17-9-10/h4-5,8,10,17H,1-3,6-7,9H2,(H,18,19)(H,20,21). The van der Waals surface area contributed by atoms with E-state index in [1.165, 1.54) is 12.1 Å². The Hall–Kier alpha value is -1.95. The predicted molar refractivity (Wildman–Crippen MR) is 76.8 cm³/mol. The quantitative estimate of drug-likeness (QED) is 0.778. The third kappa shape index (κ3) is 4.53. The summed E-state index contributed by atoms with van der Waals surface area (Å²) in [5.41, 5.74) is -0.120. The maximum absolute atomic E-state index is 13.7. The Kier molecular flexibility index (Phi) is 5.27. The zero-order valence-corrected chi connectivity index (χ0v) is 11.7. The highest BCUT2D eigenvalue weighted by atomic mass is 19.1. The first-order valence-corrected chi connectivity index (χ1v) is 7.09. The number of rotatable bonds is 5. The smallest absolute Gasteiger partial charge is 0.335 e. The van der Waals surface area contributed by atoms with Gasteiger partial charge in [-0.05, 0) is 56.5 Å². The van der Waals surface area contributed by atoms with Crippen LogP contribution in [0.2, 0.25) is 0 Å². The fourth-order valence-corrected chi connectivity index (χ4v) is 2.47. The van der Waals surface area contributed by atoms with Gasteiger partial charge in [0.15, 0.2) is 0 Å². The average Bonchev–Trinajstić information content (AvgIpc) is 2.48. The van der Waals surface area contributed by atoms with Crippen LogP contribution in [0.3, 0.4) is 0 Å². The van der Waals surface area contributed by atoms with Gasteiger partial charge in [-0.3, -0.25) is 4.79 Å². The van der Waals surface area contributed by atoms with E-state index in [4.69, 9.17) is 5.11 Å². The van der Waals surface area contributed by atoms with Gasteiger partial charge in [-0.25, -0.2) is 9.18 Å². The normalized spacial score (nSPS) is 18.2. The largest absolute Gasteiger partial charge is 0.478 e. The van der Waals surface area contributed by atoms with Crippen LogP contribution in [0, 0.1) is 11.7 Å². The molecule has 1 heterocycles. The maximum Gasteiger partial charge on any atom is 0.335 e. The Morgan fingerprint density at radius 3 is 2.86 bits per heavy atom. The fraction of sp³-hybridized carbons (Fsp3) is 0.467. The van der Waals surface area contributed by atoms with Crippen molar-refractivity contribution in [2.24, 2.45) is 5.92 Å². The molecule has 5 nitrogen and oxygen atoms in total. The van der Waals surface area contributed by atoms with Crippen LogP contribution < -0.4 is 10.6 Å². The lowest BCUT2D eigenvalue weighted by Crippen LogP contribution is -2.30. The number of carboxylic acids is 1. The first kappa shape index (κ1) is 15.4. The van der Waals surface area contributed by atoms with Crippen LogP contribution in [0.4, 0.5) is 10.1 Å². The van der Waals surface area contributed by atoms with E-state index >= 15 is 0 Å². The zero-order chi connectivity index (χ0) is 15.2. The number of hydrogen-bond acceptors (Lipinski definition) is 3. The number of anilines is 1. The molecular weight excluding hydrogens is 275 g/mol. The summed E-state index contributed by atoms with van der Waals surface area (Å²) >= 11 is 0. The minimum absolute atomic E-state index is 0.0202. The topological polar surface area (TPSA) is 78.4 Å². The third-order valence-corrected chi connectivity index (χ3v) is 3.67. The molecule has 1 atom stereocenters. The maximum atomic E-state index is 13.7. The lowest BCUT2D eigenvalue weighted by molar-refractivity contribution is -0.116. The van der Waals surface area contributed by atoms with Crippen molar-refractivity contribution in [3.05, 3.63) is 29.6 Å². The second-order valence-corrected chi connectivity index (χ2v) is 5.30. The van der Waals surface area contributed by atoms with E-state index in [0.717, 1.165) is 38.4 Å². The van der Waals surface area contributed by atoms with Gasteiger partial charge >= 0.3 is 5.97 Å². The van der Waals surface area contributed by atoms with Gasteiger partial charge in [0.05, 0.1) is 11.3 Å². The number of carbonyl (C=O) groups excluding carboxylic acids is 1. The Labute approximate surface area is 122 Å². The second-order valence-electron chi connectivity index (χ2n) is 5.30. The van der Waals surface area contributed by atoms with Crippen molar-refractivity contribution < 1.29 is 19.1 Å². The van der Waals surface area contributed by atoms with Crippen LogP contribution >= 0.6 is 0 Å². The van der Waals surface area contributed by atoms with Crippen LogP contribution in [-0.4, -0.2) is 30.1 Å². The lowest BCUT2D eigenvalue weighted by Gasteiger charge is -2.22. The van der Waals surface area contributed by atoms with Gasteiger partial charge in [0.25, 0.3) is 0 Å². The Balaban J connectivity index is 1.85. The summed E-state index contributed by atoms with van der Waals surface area (Å²) in [5.74, 6) is -1.69. The number of benzene rings is 1. The molecule has 6 heteroatoms. The van der Waals surface area contributed by atoms with Gasteiger partial charge in [0.1, 0.15) is 5.82 Å². The molecule has 1 aliphatic rings. The SMILES string of the molecule is O=C(CCC1CCCNC1)Nc1ccc(C(=O)O)cc1F. The molecule has 0 saturated carbocycles. The average molecular weight is 294 g/mol. The molecular formula is C15H19FN2O3. The first-order chi connectivity index (χ1) is 10.1. The molecule has 0 bridgehead atoms. The van der Waals surface area contributed by atoms with Crippen molar-refractivity contribution in [2.75, 3.05) is 18.4 Å². The highest BCUT2D eigenvalue weighted by Crippen LogP contribution is 2.19. The summed E-state index contributed by atoms with van der Waals surface area (Å²) in [7, 11) is 0. The monoisotopic (exact) mass is 294 g/mol. The Morgan fingerprint density at radius 2 is 2.24 bits per heavy atom. The van der Waals surface area contributed by atoms with Crippen molar-refractivity contribution in [3.8, 4) is 0 Å². The molecule has 1 aromatic carbocycles. The summed E-state index contributed by atoms with van der Waals surface area (Å²) in [6, 6.07) is 3.45. The third-order valence-electron chi connectivity index (χ3n) is 3.67. The summed E-state index contributed by atoms with van der Waals surface area (Å²) in [6.07, 6.45) is 3.35. The number of carboxylic acid groups (broad SMARTS) is 1. The molecule has 114 valence electrons. The van der Waals surface area contributed by atoms with Crippen molar-refractivity contribution in [1.29, 1.82) is 0 Å². The van der Waals surface area contributed by atoms with E-state index in [9.17, 15) is 14.0 Å². The van der Waals surface area contributed by atoms with Crippen molar-refractivity contribution in [3.63, 3.8) is 0 Å². The van der Waals surface area contributed by atoms with Gasteiger partial charge in [-0.15, -0.1) is 0 Å². The van der Waals surface area contributed by atoms with Crippen LogP contribution in [0.5, 0.6) is 0 Å². The number of piperidine rings is 1. The van der Waals surface area contributed by atoms with E-state index in [1.807, 2.05) is 0 Å². The molecule has 1 unspecified atom stereocenters. The lowest BCUT2D eigenvalue weighted by atomic mass is 9.94. The van der Waals surface area contributed by atoms with Crippen LogP contribution in [-0.2, 0) is 4.79 Å². The Morgan fingerprint density at radius 1 is 1.43 bits per heavy atom. The molecule has 0 spiro atoms. The minimum atomic E-state index is -1.20. The summed E-state index contributed by atoms with van der Waals surface area (Å²) in [4.78, 5) is 22.5. The van der Waals surface area contributed by atoms with Gasteiger partial charge in [-0.2, -0.15) is 0 Å². The summed E-state index contributed by atoms with van der Waals surface area (Å²) in [5, 5.41) is 14.5. The molecule has 0 aromatic heterocycles. The Bertz CT molecular complexity index is 528. The van der Waals surface area contributed by atoms with Crippen LogP contribution in [0.15, 0.2) is 18.2 Å². The van der Waals surface area contributed by atoms with Crippen LogP contribution in [0.25, 0.3) is 0 Å². The molecule has 2 rings (SSSR count). The van der Waals surface area contributed by atoms with Gasteiger partial charge in [0.2, 0.25) is 5.91 Å². The highest BCUT2D eigenvalue weighted by molar-refractivity contribution is 5.92. The van der Waals surface area contributed by atoms with E-state index in [0.29, 0.717) is 12.3 Å². The number of aromatic carboxylic acids is 1. The molecule has 0 radical (unpaired) electrons. The molecule has 1 aliphatic heterocycles. The second kappa shape index (κ2) is 7.17. The van der Waals surface area contributed by atoms with Gasteiger partial charge in [-0.1, -0.05) is 0 Å². The molecule has 3 N–H and O–H groups in total. The number of halogens is 1. The molecule has 1 aromatic rings. The van der Waals surface area contributed by atoms with E-state index in [1.54, 1.807) is 0 Å². The predicted octanol–water partition coefficient (Wildman–Crippen LogP) is 2.24. The fourth-order valence-electron chi connectivity index (χ4n) is 2.47. The molecule has 21 heavy (non-hydrogen) atoms. The summed E-state index contributed by atoms with van der Waals surface area (Å²) < 4.78 is 13.7. The van der Waals surface area contributed by atoms with Crippen molar-refractivity contribution >= 4 is 17.6 Å². The van der Waals surface area contributed by atoms with Gasteiger partial charge < -0.3 is 15.7 Å². The molecule has 1 saturated heterocycles. The van der Waals surface area contributed by atoms with E-state index in [-0.39, 0.29) is 17.2 Å². The molecule has 1 amide bonds. The number of carbonyl (C=O) groups is 2. The molecule has 1 fully saturated rings. The first-order valence-electron chi connectivity index (χ1n) is 7.09. The van der Waals surface area contributed by atoms with Crippen molar-refractivity contribution in [2.45, 2.75) is 25.7 Å².